The molecule has 0 unspecified atom stereocenters. The van der Waals surface area contributed by atoms with Crippen molar-refractivity contribution in [3.63, 3.8) is 0 Å². The quantitative estimate of drug-likeness (QED) is 0.286. The fourth-order valence-electron chi connectivity index (χ4n) is 0. The zero-order valence-corrected chi connectivity index (χ0v) is 3.93. The van der Waals surface area contributed by atoms with Crippen LogP contribution in [-0.2, 0) is 4.57 Å². The maximum Gasteiger partial charge on any atom is 0.258 e. The minimum atomic E-state index is -4.14. The second-order valence-electron chi connectivity index (χ2n) is 0.589. The molecule has 0 aromatic carbocycles. The molecule has 0 amide bonds. The van der Waals surface area contributed by atoms with Crippen LogP contribution in [0, 0.1) is 0 Å². The molecule has 6 heteroatoms. The van der Waals surface area contributed by atoms with Crippen molar-refractivity contribution in [2.45, 2.75) is 0 Å². The first-order chi connectivity index (χ1) is 2.00. The minimum Gasteiger partial charge on any atom is -0.344 e. The van der Waals surface area contributed by atoms with Crippen molar-refractivity contribution >= 4 is 15.0 Å². The van der Waals surface area contributed by atoms with Crippen molar-refractivity contribution in [3.05, 3.63) is 0 Å². The normalized spacial score (nSPS) is 9.67. The van der Waals surface area contributed by atoms with E-state index < -0.39 is 7.47 Å². The van der Waals surface area contributed by atoms with Crippen LogP contribution in [0.4, 0.5) is 0 Å². The van der Waals surface area contributed by atoms with Gasteiger partial charge in [-0.1, -0.05) is 0 Å². The van der Waals surface area contributed by atoms with Gasteiger partial charge in [0.2, 0.25) is 7.57 Å². The van der Waals surface area contributed by atoms with Gasteiger partial charge in [-0.15, -0.1) is 0 Å². The first-order valence-electron chi connectivity index (χ1n) is 0.841. The Bertz CT molecular complexity index is 56.9. The summed E-state index contributed by atoms with van der Waals surface area (Å²) in [7, 11) is -0.118. The molecule has 0 aliphatic carbocycles. The molecule has 0 aliphatic rings. The highest BCUT2D eigenvalue weighted by Gasteiger charge is 1.95. The molecule has 0 aromatic rings. The highest BCUT2D eigenvalue weighted by molar-refractivity contribution is 7.77. The van der Waals surface area contributed by atoms with Gasteiger partial charge in [0.15, 0.2) is 0 Å². The Morgan fingerprint density at radius 1 is 1.50 bits per heavy atom. The first-order valence-corrected chi connectivity index (χ1v) is 2.52. The summed E-state index contributed by atoms with van der Waals surface area (Å²) in [5.41, 5.74) is 0. The third-order valence-corrected chi connectivity index (χ3v) is 0. The predicted octanol–water partition coefficient (Wildman–Crippen LogP) is -0.590. The molecule has 0 heterocycles. The number of hydrogen-bond donors (Lipinski definition) is 3. The Balaban J connectivity index is 0. The van der Waals surface area contributed by atoms with Crippen molar-refractivity contribution in [1.29, 1.82) is 0 Å². The van der Waals surface area contributed by atoms with E-state index in [1.165, 1.54) is 0 Å². The summed E-state index contributed by atoms with van der Waals surface area (Å²) < 4.78 is 9.10. The van der Waals surface area contributed by atoms with E-state index in [1.54, 1.807) is 0 Å². The Labute approximate surface area is 36.7 Å². The smallest absolute Gasteiger partial charge is 0.258 e. The molecular formula is H5BNO3P. The summed E-state index contributed by atoms with van der Waals surface area (Å²) in [6.07, 6.45) is 0. The van der Waals surface area contributed by atoms with Gasteiger partial charge in [0.05, 0.1) is 0 Å². The zero-order valence-electron chi connectivity index (χ0n) is 3.03. The second-order valence-corrected chi connectivity index (χ2v) is 1.77. The SMILES string of the molecule is N.[B]P(=O)(O)O. The lowest BCUT2D eigenvalue weighted by Gasteiger charge is -1.85. The Morgan fingerprint density at radius 2 is 1.50 bits per heavy atom. The molecule has 0 bridgehead atoms. The highest BCUT2D eigenvalue weighted by atomic mass is 31.2. The topological polar surface area (TPSA) is 92.5 Å². The average molecular weight is 109 g/mol. The van der Waals surface area contributed by atoms with Crippen LogP contribution in [0.15, 0.2) is 0 Å². The predicted molar refractivity (Wildman–Crippen MR) is 22.8 cm³/mol. The lowest BCUT2D eigenvalue weighted by atomic mass is 10.8. The fraction of sp³-hybridized carbons (Fsp3) is 0. The van der Waals surface area contributed by atoms with Gasteiger partial charge in [0.1, 0.15) is 0 Å². The van der Waals surface area contributed by atoms with Crippen molar-refractivity contribution in [2.24, 2.45) is 0 Å². The van der Waals surface area contributed by atoms with Crippen LogP contribution >= 0.6 is 7.47 Å². The average Bonchev–Trinajstić information content (AvgIpc) is 0.722. The van der Waals surface area contributed by atoms with Crippen LogP contribution in [0.3, 0.4) is 0 Å². The van der Waals surface area contributed by atoms with E-state index in [1.807, 2.05) is 0 Å². The van der Waals surface area contributed by atoms with Gasteiger partial charge < -0.3 is 15.9 Å². The zero-order chi connectivity index (χ0) is 4.50. The summed E-state index contributed by atoms with van der Waals surface area (Å²) in [5.74, 6) is 0. The largest absolute Gasteiger partial charge is 0.344 e. The maximum atomic E-state index is 9.10. The van der Waals surface area contributed by atoms with Gasteiger partial charge in [0, 0.05) is 0 Å². The summed E-state index contributed by atoms with van der Waals surface area (Å²) in [6, 6.07) is 0. The van der Waals surface area contributed by atoms with Crippen molar-refractivity contribution in [2.75, 3.05) is 0 Å². The van der Waals surface area contributed by atoms with E-state index in [4.69, 9.17) is 14.4 Å². The van der Waals surface area contributed by atoms with Gasteiger partial charge in [0.25, 0.3) is 7.47 Å². The highest BCUT2D eigenvalue weighted by Crippen LogP contribution is 2.24. The van der Waals surface area contributed by atoms with Gasteiger partial charge >= 0.3 is 0 Å². The van der Waals surface area contributed by atoms with Gasteiger partial charge in [-0.05, 0) is 0 Å². The van der Waals surface area contributed by atoms with Crippen molar-refractivity contribution in [1.82, 2.24) is 6.15 Å². The van der Waals surface area contributed by atoms with E-state index in [9.17, 15) is 0 Å². The molecule has 6 heavy (non-hydrogen) atoms. The van der Waals surface area contributed by atoms with Crippen LogP contribution in [0.5, 0.6) is 0 Å². The van der Waals surface area contributed by atoms with Crippen LogP contribution in [0.25, 0.3) is 0 Å². The monoisotopic (exact) mass is 109 g/mol. The van der Waals surface area contributed by atoms with Gasteiger partial charge in [-0.25, -0.2) is 0 Å². The summed E-state index contributed by atoms with van der Waals surface area (Å²) >= 11 is 0. The van der Waals surface area contributed by atoms with E-state index in [0.29, 0.717) is 0 Å². The molecule has 4 nitrogen and oxygen atoms in total. The minimum absolute atomic E-state index is 0. The molecular weight excluding hydrogens is 104 g/mol. The molecule has 2 radical (unpaired) electrons. The van der Waals surface area contributed by atoms with Crippen LogP contribution < -0.4 is 6.15 Å². The lowest BCUT2D eigenvalue weighted by Crippen LogP contribution is -1.67. The van der Waals surface area contributed by atoms with Gasteiger partial charge in [-0.3, -0.25) is 4.57 Å². The summed E-state index contributed by atoms with van der Waals surface area (Å²) in [5, 5.41) is 0. The van der Waals surface area contributed by atoms with E-state index in [0.717, 1.165) is 0 Å². The fourth-order valence-corrected chi connectivity index (χ4v) is 0. The molecule has 0 spiro atoms. The number of rotatable bonds is 0. The molecule has 0 atom stereocenters. The standard InChI is InChI=1S/BH2O3P.H3N/c1-5(2,3)4;/h(H2,2,3,4);1H3. The van der Waals surface area contributed by atoms with Crippen LogP contribution in [-0.4, -0.2) is 17.4 Å². The molecule has 0 saturated heterocycles. The molecule has 0 fully saturated rings. The van der Waals surface area contributed by atoms with Crippen molar-refractivity contribution < 1.29 is 14.4 Å². The Kier molecular flexibility index (Phi) is 3.74. The third-order valence-electron chi connectivity index (χ3n) is 0. The van der Waals surface area contributed by atoms with Crippen LogP contribution in [0.2, 0.25) is 0 Å². The molecule has 0 saturated carbocycles. The van der Waals surface area contributed by atoms with Crippen LogP contribution in [0.1, 0.15) is 0 Å². The Morgan fingerprint density at radius 3 is 1.50 bits per heavy atom. The number of hydrogen-bond acceptors (Lipinski definition) is 2. The lowest BCUT2D eigenvalue weighted by molar-refractivity contribution is 0.395. The molecule has 0 rings (SSSR count). The molecule has 0 aromatic heterocycles. The maximum absolute atomic E-state index is 9.10. The summed E-state index contributed by atoms with van der Waals surface area (Å²) in [4.78, 5) is 14.8. The Hall–Kier alpha value is 0.175. The van der Waals surface area contributed by atoms with E-state index >= 15 is 0 Å². The second kappa shape index (κ2) is 2.37. The molecule has 36 valence electrons. The molecule has 0 aliphatic heterocycles. The van der Waals surface area contributed by atoms with Crippen molar-refractivity contribution in [3.8, 4) is 0 Å². The first kappa shape index (κ1) is 9.49. The van der Waals surface area contributed by atoms with E-state index in [-0.39, 0.29) is 6.15 Å². The molecule has 5 N–H and O–H groups in total. The summed E-state index contributed by atoms with van der Waals surface area (Å²) in [6.45, 7) is 0. The third kappa shape index (κ3) is 1380. The van der Waals surface area contributed by atoms with Gasteiger partial charge in [-0.2, -0.15) is 0 Å². The van der Waals surface area contributed by atoms with E-state index in [2.05, 4.69) is 7.57 Å².